The second-order valence-electron chi connectivity index (χ2n) is 7.11. The van der Waals surface area contributed by atoms with Crippen LogP contribution in [0.2, 0.25) is 0 Å². The molecule has 0 unspecified atom stereocenters. The summed E-state index contributed by atoms with van der Waals surface area (Å²) >= 11 is 0. The van der Waals surface area contributed by atoms with Crippen LogP contribution in [-0.2, 0) is 0 Å². The largest absolute Gasteiger partial charge is 0.490 e. The van der Waals surface area contributed by atoms with Crippen LogP contribution in [0.15, 0.2) is 24.3 Å². The quantitative estimate of drug-likeness (QED) is 0.317. The van der Waals surface area contributed by atoms with Crippen LogP contribution in [-0.4, -0.2) is 31.1 Å². The Morgan fingerprint density at radius 1 is 0.897 bits per heavy atom. The van der Waals surface area contributed by atoms with Gasteiger partial charge in [-0.05, 0) is 49.8 Å². The molecule has 29 heavy (non-hydrogen) atoms. The number of carbonyl (C=O) groups excluding carboxylic acids is 1. The summed E-state index contributed by atoms with van der Waals surface area (Å²) in [4.78, 5) is 16.4. The molecule has 0 spiro atoms. The topological polar surface area (TPSA) is 57.7 Å². The first kappa shape index (κ1) is 20.9. The summed E-state index contributed by atoms with van der Waals surface area (Å²) in [5.74, 6) is 1.94. The smallest absolute Gasteiger partial charge is 0.204 e. The van der Waals surface area contributed by atoms with Crippen molar-refractivity contribution in [2.24, 2.45) is 0 Å². The summed E-state index contributed by atoms with van der Waals surface area (Å²) < 4.78 is 18.3. The van der Waals surface area contributed by atoms with E-state index in [1.807, 2.05) is 31.2 Å². The first-order chi connectivity index (χ1) is 14.1. The van der Waals surface area contributed by atoms with E-state index in [-0.39, 0.29) is 0 Å². The summed E-state index contributed by atoms with van der Waals surface area (Å²) in [6.07, 6.45) is 3.49. The van der Waals surface area contributed by atoms with Crippen molar-refractivity contribution in [2.75, 3.05) is 19.8 Å². The van der Waals surface area contributed by atoms with Gasteiger partial charge in [0.1, 0.15) is 0 Å². The fourth-order valence-corrected chi connectivity index (χ4v) is 3.33. The lowest BCUT2D eigenvalue weighted by Gasteiger charge is -2.20. The van der Waals surface area contributed by atoms with Gasteiger partial charge in [0.05, 0.1) is 25.3 Å². The molecule has 5 nitrogen and oxygen atoms in total. The molecule has 0 saturated carbocycles. The van der Waals surface area contributed by atoms with Crippen LogP contribution in [0, 0.1) is 6.92 Å². The number of hydrogen-bond donors (Lipinski definition) is 0. The van der Waals surface area contributed by atoms with Gasteiger partial charge in [-0.25, -0.2) is 0 Å². The van der Waals surface area contributed by atoms with Crippen molar-refractivity contribution in [3.8, 4) is 17.2 Å². The van der Waals surface area contributed by atoms with Crippen molar-refractivity contribution >= 4 is 28.0 Å². The second kappa shape index (κ2) is 9.59. The zero-order valence-electron chi connectivity index (χ0n) is 17.7. The summed E-state index contributed by atoms with van der Waals surface area (Å²) in [5, 5.41) is 2.66. The van der Waals surface area contributed by atoms with E-state index >= 15 is 0 Å². The van der Waals surface area contributed by atoms with Gasteiger partial charge < -0.3 is 14.2 Å². The van der Waals surface area contributed by atoms with E-state index in [1.165, 1.54) is 0 Å². The number of benzene rings is 2. The number of carbonyl (C=O) groups is 1. The van der Waals surface area contributed by atoms with Crippen molar-refractivity contribution in [3.63, 3.8) is 0 Å². The normalized spacial score (nSPS) is 11.0. The molecule has 154 valence electrons. The number of aromatic nitrogens is 1. The van der Waals surface area contributed by atoms with Gasteiger partial charge in [-0.15, -0.1) is 0 Å². The highest BCUT2D eigenvalue weighted by Crippen LogP contribution is 2.47. The lowest BCUT2D eigenvalue weighted by Crippen LogP contribution is -2.06. The number of rotatable bonds is 10. The third-order valence-corrected chi connectivity index (χ3v) is 4.61. The lowest BCUT2D eigenvalue weighted by atomic mass is 9.99. The number of pyridine rings is 1. The Labute approximate surface area is 172 Å². The summed E-state index contributed by atoms with van der Waals surface area (Å²) in [6, 6.07) is 7.76. The molecule has 0 saturated heterocycles. The van der Waals surface area contributed by atoms with Crippen LogP contribution in [0.3, 0.4) is 0 Å². The zero-order chi connectivity index (χ0) is 20.8. The molecule has 0 fully saturated rings. The first-order valence-corrected chi connectivity index (χ1v) is 10.4. The third-order valence-electron chi connectivity index (χ3n) is 4.61. The van der Waals surface area contributed by atoms with Crippen LogP contribution in [0.5, 0.6) is 17.2 Å². The fourth-order valence-electron chi connectivity index (χ4n) is 3.33. The van der Waals surface area contributed by atoms with E-state index < -0.39 is 0 Å². The predicted octanol–water partition coefficient (Wildman–Crippen LogP) is 5.88. The molecule has 3 aromatic rings. The number of hydrogen-bond acceptors (Lipinski definition) is 5. The van der Waals surface area contributed by atoms with Gasteiger partial charge in [0.15, 0.2) is 17.8 Å². The van der Waals surface area contributed by atoms with Crippen molar-refractivity contribution in [2.45, 2.75) is 47.0 Å². The predicted molar refractivity (Wildman–Crippen MR) is 117 cm³/mol. The maximum atomic E-state index is 11.8. The Morgan fingerprint density at radius 2 is 1.55 bits per heavy atom. The highest BCUT2D eigenvalue weighted by molar-refractivity contribution is 6.15. The van der Waals surface area contributed by atoms with E-state index in [0.717, 1.165) is 47.4 Å². The minimum atomic E-state index is 0.557. The van der Waals surface area contributed by atoms with Crippen LogP contribution in [0.1, 0.15) is 56.1 Å². The molecule has 1 aromatic heterocycles. The highest BCUT2D eigenvalue weighted by atomic mass is 16.5. The van der Waals surface area contributed by atoms with E-state index in [1.54, 1.807) is 0 Å². The number of aldehydes is 1. The monoisotopic (exact) mass is 395 g/mol. The molecule has 0 aliphatic heterocycles. The van der Waals surface area contributed by atoms with Crippen LogP contribution >= 0.6 is 0 Å². The van der Waals surface area contributed by atoms with Gasteiger partial charge >= 0.3 is 0 Å². The number of aryl methyl sites for hydroxylation is 1. The Morgan fingerprint density at radius 3 is 2.21 bits per heavy atom. The van der Waals surface area contributed by atoms with E-state index in [0.29, 0.717) is 48.1 Å². The molecule has 0 aliphatic carbocycles. The van der Waals surface area contributed by atoms with Crippen LogP contribution in [0.25, 0.3) is 21.7 Å². The molecular weight excluding hydrogens is 366 g/mol. The third kappa shape index (κ3) is 4.29. The van der Waals surface area contributed by atoms with Crippen molar-refractivity contribution in [3.05, 3.63) is 35.5 Å². The fraction of sp³-hybridized carbons (Fsp3) is 0.417. The number of nitrogens with zero attached hydrogens (tertiary/aromatic N) is 1. The van der Waals surface area contributed by atoms with Gasteiger partial charge in [-0.1, -0.05) is 26.8 Å². The van der Waals surface area contributed by atoms with Crippen molar-refractivity contribution < 1.29 is 19.0 Å². The number of ether oxygens (including phenoxy) is 3. The minimum absolute atomic E-state index is 0.557. The molecule has 1 heterocycles. The SMILES string of the molecule is CCCOc1cc2cc(C=O)c3nc(C)ccc3c2c(OCCC)c1OCCC. The Bertz CT molecular complexity index is 1010. The Hall–Kier alpha value is -2.82. The molecule has 0 radical (unpaired) electrons. The minimum Gasteiger partial charge on any atom is -0.490 e. The molecule has 0 amide bonds. The molecule has 2 aromatic carbocycles. The first-order valence-electron chi connectivity index (χ1n) is 10.4. The Balaban J connectivity index is 2.39. The standard InChI is InChI=1S/C24H29NO4/c1-5-10-27-20-14-17-13-18(15-26)22-19(9-8-16(4)25-22)21(17)24(29-12-7-3)23(20)28-11-6-2/h8-9,13-15H,5-7,10-12H2,1-4H3. The van der Waals surface area contributed by atoms with Gasteiger partial charge in [0.2, 0.25) is 5.75 Å². The van der Waals surface area contributed by atoms with Crippen LogP contribution < -0.4 is 14.2 Å². The maximum absolute atomic E-state index is 11.8. The maximum Gasteiger partial charge on any atom is 0.204 e. The lowest BCUT2D eigenvalue weighted by molar-refractivity contribution is 0.112. The molecule has 0 aliphatic rings. The molecule has 3 rings (SSSR count). The van der Waals surface area contributed by atoms with E-state index in [9.17, 15) is 4.79 Å². The highest BCUT2D eigenvalue weighted by Gasteiger charge is 2.21. The average Bonchev–Trinajstić information content (AvgIpc) is 2.73. The summed E-state index contributed by atoms with van der Waals surface area (Å²) in [5.41, 5.74) is 2.10. The molecule has 5 heteroatoms. The zero-order valence-corrected chi connectivity index (χ0v) is 17.7. The summed E-state index contributed by atoms with van der Waals surface area (Å²) in [6.45, 7) is 9.83. The number of fused-ring (bicyclic) bond motifs is 3. The molecular formula is C24H29NO4. The Kier molecular flexibility index (Phi) is 6.91. The molecule has 0 bridgehead atoms. The van der Waals surface area contributed by atoms with Crippen molar-refractivity contribution in [1.82, 2.24) is 4.98 Å². The van der Waals surface area contributed by atoms with E-state index in [4.69, 9.17) is 14.2 Å². The molecule has 0 N–H and O–H groups in total. The average molecular weight is 395 g/mol. The van der Waals surface area contributed by atoms with Gasteiger partial charge in [-0.3, -0.25) is 9.78 Å². The molecule has 0 atom stereocenters. The second-order valence-corrected chi connectivity index (χ2v) is 7.11. The summed E-state index contributed by atoms with van der Waals surface area (Å²) in [7, 11) is 0. The van der Waals surface area contributed by atoms with Gasteiger partial charge in [0.25, 0.3) is 0 Å². The van der Waals surface area contributed by atoms with Crippen molar-refractivity contribution in [1.29, 1.82) is 0 Å². The van der Waals surface area contributed by atoms with Gasteiger partial charge in [-0.2, -0.15) is 0 Å². The van der Waals surface area contributed by atoms with Crippen LogP contribution in [0.4, 0.5) is 0 Å². The van der Waals surface area contributed by atoms with Gasteiger partial charge in [0, 0.05) is 22.0 Å². The van der Waals surface area contributed by atoms with E-state index in [2.05, 4.69) is 25.8 Å².